The van der Waals surface area contributed by atoms with Crippen molar-refractivity contribution in [2.75, 3.05) is 6.61 Å². The second-order valence-electron chi connectivity index (χ2n) is 5.65. The first-order valence-corrected chi connectivity index (χ1v) is 9.12. The van der Waals surface area contributed by atoms with Crippen molar-refractivity contribution in [2.24, 2.45) is 0 Å². The number of ether oxygens (including phenoxy) is 1. The van der Waals surface area contributed by atoms with Gasteiger partial charge in [0.25, 0.3) is 0 Å². The lowest BCUT2D eigenvalue weighted by atomic mass is 9.95. The summed E-state index contributed by atoms with van der Waals surface area (Å²) in [4.78, 5) is 9.40. The third-order valence-corrected chi connectivity index (χ3v) is 5.83. The maximum absolute atomic E-state index is 6.36. The van der Waals surface area contributed by atoms with Gasteiger partial charge in [-0.25, -0.2) is 9.97 Å². The van der Waals surface area contributed by atoms with E-state index in [-0.39, 0.29) is 0 Å². The minimum atomic E-state index is -0.424. The van der Waals surface area contributed by atoms with Gasteiger partial charge in [0.2, 0.25) is 0 Å². The van der Waals surface area contributed by atoms with Crippen LogP contribution in [0.1, 0.15) is 76.7 Å². The molecule has 0 aromatic carbocycles. The molecule has 21 heavy (non-hydrogen) atoms. The standard InChI is InChI=1S/C16H24BrClN2O/c1-4-16(5-2,21-6-3)15-19-13(11-9-7-8-10-11)12(17)14(18)20-15/h11H,4-10H2,1-3H3. The summed E-state index contributed by atoms with van der Waals surface area (Å²) in [5.41, 5.74) is 0.639. The number of nitrogens with zero attached hydrogens (tertiary/aromatic N) is 2. The summed E-state index contributed by atoms with van der Waals surface area (Å²) >= 11 is 9.94. The molecule has 1 heterocycles. The van der Waals surface area contributed by atoms with Crippen LogP contribution in [0.4, 0.5) is 0 Å². The number of rotatable bonds is 6. The van der Waals surface area contributed by atoms with Gasteiger partial charge in [0.15, 0.2) is 5.82 Å². The van der Waals surface area contributed by atoms with Crippen molar-refractivity contribution in [3.8, 4) is 0 Å². The molecule has 5 heteroatoms. The molecule has 1 saturated carbocycles. The lowest BCUT2D eigenvalue weighted by molar-refractivity contribution is -0.0573. The van der Waals surface area contributed by atoms with Gasteiger partial charge in [-0.05, 0) is 48.5 Å². The van der Waals surface area contributed by atoms with Crippen LogP contribution >= 0.6 is 27.5 Å². The van der Waals surface area contributed by atoms with Gasteiger partial charge in [0.05, 0.1) is 10.2 Å². The fourth-order valence-corrected chi connectivity index (χ4v) is 3.90. The van der Waals surface area contributed by atoms with E-state index in [1.54, 1.807) is 0 Å². The molecule has 0 aliphatic heterocycles. The summed E-state index contributed by atoms with van der Waals surface area (Å²) in [6.45, 7) is 6.90. The molecule has 1 aromatic heterocycles. The monoisotopic (exact) mass is 374 g/mol. The topological polar surface area (TPSA) is 35.0 Å². The fourth-order valence-electron chi connectivity index (χ4n) is 3.22. The van der Waals surface area contributed by atoms with Crippen LogP contribution in [0.15, 0.2) is 4.47 Å². The maximum Gasteiger partial charge on any atom is 0.162 e. The van der Waals surface area contributed by atoms with Gasteiger partial charge in [0, 0.05) is 12.5 Å². The van der Waals surface area contributed by atoms with Crippen LogP contribution in [-0.2, 0) is 10.3 Å². The van der Waals surface area contributed by atoms with E-state index in [4.69, 9.17) is 21.3 Å². The molecule has 0 unspecified atom stereocenters. The zero-order valence-corrected chi connectivity index (χ0v) is 15.4. The molecule has 1 aromatic rings. The maximum atomic E-state index is 6.36. The van der Waals surface area contributed by atoms with Crippen LogP contribution < -0.4 is 0 Å². The normalized spacial score (nSPS) is 16.6. The molecule has 0 bridgehead atoms. The highest BCUT2D eigenvalue weighted by Crippen LogP contribution is 2.40. The van der Waals surface area contributed by atoms with Crippen molar-refractivity contribution in [2.45, 2.75) is 70.8 Å². The molecule has 0 radical (unpaired) electrons. The third-order valence-electron chi connectivity index (χ3n) is 4.55. The predicted octanol–water partition coefficient (Wildman–Crippen LogP) is 5.60. The van der Waals surface area contributed by atoms with Crippen LogP contribution in [0.3, 0.4) is 0 Å². The van der Waals surface area contributed by atoms with E-state index in [2.05, 4.69) is 34.8 Å². The number of aromatic nitrogens is 2. The second kappa shape index (κ2) is 7.38. The van der Waals surface area contributed by atoms with E-state index >= 15 is 0 Å². The summed E-state index contributed by atoms with van der Waals surface area (Å²) in [6.07, 6.45) is 6.60. The minimum absolute atomic E-state index is 0.424. The Bertz CT molecular complexity index is 485. The molecule has 1 aliphatic rings. The van der Waals surface area contributed by atoms with Gasteiger partial charge < -0.3 is 4.74 Å². The van der Waals surface area contributed by atoms with E-state index in [0.717, 1.165) is 28.8 Å². The Balaban J connectivity index is 2.48. The highest BCUT2D eigenvalue weighted by Gasteiger charge is 2.34. The van der Waals surface area contributed by atoms with Gasteiger partial charge in [0.1, 0.15) is 10.8 Å². The van der Waals surface area contributed by atoms with Crippen molar-refractivity contribution in [1.29, 1.82) is 0 Å². The third kappa shape index (κ3) is 3.43. The Morgan fingerprint density at radius 1 is 1.19 bits per heavy atom. The predicted molar refractivity (Wildman–Crippen MR) is 89.8 cm³/mol. The van der Waals surface area contributed by atoms with Gasteiger partial charge in [-0.3, -0.25) is 0 Å². The number of halogens is 2. The average molecular weight is 376 g/mol. The van der Waals surface area contributed by atoms with Gasteiger partial charge in [-0.2, -0.15) is 0 Å². The summed E-state index contributed by atoms with van der Waals surface area (Å²) in [6, 6.07) is 0. The van der Waals surface area contributed by atoms with Crippen molar-refractivity contribution in [3.05, 3.63) is 21.1 Å². The Morgan fingerprint density at radius 3 is 2.33 bits per heavy atom. The molecule has 0 saturated heterocycles. The van der Waals surface area contributed by atoms with E-state index in [9.17, 15) is 0 Å². The Morgan fingerprint density at radius 2 is 1.81 bits per heavy atom. The first kappa shape index (κ1) is 17.2. The van der Waals surface area contributed by atoms with Gasteiger partial charge >= 0.3 is 0 Å². The lowest BCUT2D eigenvalue weighted by Crippen LogP contribution is -2.31. The molecule has 118 valence electrons. The van der Waals surface area contributed by atoms with Gasteiger partial charge in [-0.15, -0.1) is 0 Å². The second-order valence-corrected chi connectivity index (χ2v) is 6.80. The summed E-state index contributed by atoms with van der Waals surface area (Å²) in [7, 11) is 0. The van der Waals surface area contributed by atoms with Crippen molar-refractivity contribution in [1.82, 2.24) is 9.97 Å². The van der Waals surface area contributed by atoms with E-state index in [0.29, 0.717) is 17.7 Å². The minimum Gasteiger partial charge on any atom is -0.367 e. The molecule has 1 aliphatic carbocycles. The Kier molecular flexibility index (Phi) is 6.04. The Hall–Kier alpha value is -0.190. The van der Waals surface area contributed by atoms with Crippen LogP contribution in [0.25, 0.3) is 0 Å². The molecular formula is C16H24BrClN2O. The fraction of sp³-hybridized carbons (Fsp3) is 0.750. The van der Waals surface area contributed by atoms with Crippen molar-refractivity contribution >= 4 is 27.5 Å². The van der Waals surface area contributed by atoms with E-state index in [1.807, 2.05) is 6.92 Å². The summed E-state index contributed by atoms with van der Waals surface area (Å²) < 4.78 is 6.89. The molecule has 0 spiro atoms. The summed E-state index contributed by atoms with van der Waals surface area (Å²) in [5.74, 6) is 1.23. The van der Waals surface area contributed by atoms with Crippen LogP contribution in [-0.4, -0.2) is 16.6 Å². The SMILES string of the molecule is CCOC(CC)(CC)c1nc(Cl)c(Br)c(C2CCCC2)n1. The highest BCUT2D eigenvalue weighted by atomic mass is 79.9. The molecule has 0 N–H and O–H groups in total. The van der Waals surface area contributed by atoms with Gasteiger partial charge in [-0.1, -0.05) is 38.3 Å². The van der Waals surface area contributed by atoms with Crippen LogP contribution in [0, 0.1) is 0 Å². The largest absolute Gasteiger partial charge is 0.367 e. The van der Waals surface area contributed by atoms with Crippen molar-refractivity contribution in [3.63, 3.8) is 0 Å². The van der Waals surface area contributed by atoms with E-state index < -0.39 is 5.60 Å². The zero-order valence-electron chi connectivity index (χ0n) is 13.1. The lowest BCUT2D eigenvalue weighted by Gasteiger charge is -2.31. The first-order chi connectivity index (χ1) is 10.1. The van der Waals surface area contributed by atoms with Crippen LogP contribution in [0.5, 0.6) is 0 Å². The van der Waals surface area contributed by atoms with E-state index in [1.165, 1.54) is 25.7 Å². The first-order valence-electron chi connectivity index (χ1n) is 7.95. The molecular weight excluding hydrogens is 352 g/mol. The van der Waals surface area contributed by atoms with Crippen LogP contribution in [0.2, 0.25) is 5.15 Å². The van der Waals surface area contributed by atoms with Crippen molar-refractivity contribution < 1.29 is 4.74 Å². The molecule has 1 fully saturated rings. The molecule has 3 nitrogen and oxygen atoms in total. The molecule has 0 amide bonds. The highest BCUT2D eigenvalue weighted by molar-refractivity contribution is 9.10. The number of hydrogen-bond donors (Lipinski definition) is 0. The molecule has 2 rings (SSSR count). The number of hydrogen-bond acceptors (Lipinski definition) is 3. The quantitative estimate of drug-likeness (QED) is 0.607. The average Bonchev–Trinajstić information content (AvgIpc) is 3.01. The zero-order chi connectivity index (χ0) is 15.5. The smallest absolute Gasteiger partial charge is 0.162 e. The summed E-state index contributed by atoms with van der Waals surface area (Å²) in [5, 5.41) is 0.507. The molecule has 0 atom stereocenters. The Labute approximate surface area is 141 Å².